The van der Waals surface area contributed by atoms with E-state index in [0.717, 1.165) is 42.9 Å². The number of pyridine rings is 1. The first-order valence-corrected chi connectivity index (χ1v) is 12.0. The molecule has 1 N–H and O–H groups in total. The number of fused-ring (bicyclic) bond motifs is 1. The number of aryl methyl sites for hydroxylation is 1. The third kappa shape index (κ3) is 4.08. The first kappa shape index (κ1) is 22.2. The fourth-order valence-electron chi connectivity index (χ4n) is 4.55. The number of rotatable bonds is 4. The number of benzene rings is 1. The van der Waals surface area contributed by atoms with Crippen molar-refractivity contribution in [2.24, 2.45) is 0 Å². The van der Waals surface area contributed by atoms with E-state index in [-0.39, 0.29) is 15.9 Å². The first-order chi connectivity index (χ1) is 14.6. The molecule has 2 aliphatic heterocycles. The molecule has 0 spiro atoms. The Bertz CT molecular complexity index is 1050. The number of ether oxygens (including phenoxy) is 1. The van der Waals surface area contributed by atoms with Gasteiger partial charge < -0.3 is 15.0 Å². The minimum Gasteiger partial charge on any atom is -0.489 e. The number of aromatic nitrogens is 1. The number of hydrogen-bond donors (Lipinski definition) is 1. The lowest BCUT2D eigenvalue weighted by atomic mass is 9.80. The van der Waals surface area contributed by atoms with E-state index in [0.29, 0.717) is 0 Å². The van der Waals surface area contributed by atoms with Crippen molar-refractivity contribution in [3.05, 3.63) is 47.4 Å². The Labute approximate surface area is 189 Å². The van der Waals surface area contributed by atoms with E-state index in [4.69, 9.17) is 4.74 Å². The molecule has 0 radical (unpaired) electrons. The summed E-state index contributed by atoms with van der Waals surface area (Å²) in [5, 5.41) is 5.17. The van der Waals surface area contributed by atoms with Crippen LogP contribution in [-0.4, -0.2) is 46.1 Å². The quantitative estimate of drug-likeness (QED) is 0.736. The number of hydrogen-bond acceptors (Lipinski definition) is 6. The van der Waals surface area contributed by atoms with Crippen LogP contribution in [0.25, 0.3) is 10.9 Å². The molecule has 6 heteroatoms. The summed E-state index contributed by atoms with van der Waals surface area (Å²) >= 11 is 1.35. The molecule has 1 aromatic heterocycles. The Morgan fingerprint density at radius 3 is 2.74 bits per heavy atom. The van der Waals surface area contributed by atoms with Crippen LogP contribution in [0.3, 0.4) is 0 Å². The van der Waals surface area contributed by atoms with E-state index in [1.165, 1.54) is 28.4 Å². The highest BCUT2D eigenvalue weighted by Crippen LogP contribution is 2.40. The molecule has 31 heavy (non-hydrogen) atoms. The maximum atomic E-state index is 12.1. The minimum absolute atomic E-state index is 0.0734. The molecular weight excluding hydrogens is 406 g/mol. The van der Waals surface area contributed by atoms with Crippen LogP contribution in [-0.2, 0) is 9.53 Å². The van der Waals surface area contributed by atoms with Gasteiger partial charge in [-0.3, -0.25) is 9.78 Å². The molecule has 0 aliphatic carbocycles. The third-order valence-electron chi connectivity index (χ3n) is 7.02. The number of carbonyl (C=O) groups excluding carboxylic acids is 1. The Kier molecular flexibility index (Phi) is 5.81. The summed E-state index contributed by atoms with van der Waals surface area (Å²) < 4.78 is 6.56. The van der Waals surface area contributed by atoms with Gasteiger partial charge in [-0.05, 0) is 65.7 Å². The van der Waals surface area contributed by atoms with Crippen LogP contribution in [0.4, 0.5) is 5.69 Å². The number of carbonyl (C=O) groups is 1. The summed E-state index contributed by atoms with van der Waals surface area (Å²) in [6, 6.07) is 8.61. The second kappa shape index (κ2) is 8.14. The van der Waals surface area contributed by atoms with Gasteiger partial charge in [-0.1, -0.05) is 23.9 Å². The normalized spacial score (nSPS) is 25.3. The van der Waals surface area contributed by atoms with Gasteiger partial charge in [0.15, 0.2) is 0 Å². The summed E-state index contributed by atoms with van der Waals surface area (Å²) in [7, 11) is 0. The highest BCUT2D eigenvalue weighted by Gasteiger charge is 2.46. The zero-order chi connectivity index (χ0) is 22.4. The summed E-state index contributed by atoms with van der Waals surface area (Å²) in [5.41, 5.74) is 3.56. The maximum absolute atomic E-state index is 12.1. The smallest absolute Gasteiger partial charge is 0.219 e. The van der Waals surface area contributed by atoms with E-state index in [9.17, 15) is 4.79 Å². The Hall–Kier alpha value is -2.05. The lowest BCUT2D eigenvalue weighted by molar-refractivity contribution is -0.108. The van der Waals surface area contributed by atoms with Crippen LogP contribution in [0.2, 0.25) is 0 Å². The Morgan fingerprint density at radius 2 is 2.03 bits per heavy atom. The van der Waals surface area contributed by atoms with Crippen LogP contribution < -0.4 is 10.2 Å². The molecule has 166 valence electrons. The number of anilines is 1. The number of thioether (sulfide) groups is 1. The van der Waals surface area contributed by atoms with Crippen molar-refractivity contribution in [1.82, 2.24) is 10.3 Å². The molecule has 4 rings (SSSR count). The molecule has 2 atom stereocenters. The van der Waals surface area contributed by atoms with Crippen molar-refractivity contribution in [1.29, 1.82) is 0 Å². The summed E-state index contributed by atoms with van der Waals surface area (Å²) in [5.74, 6) is 0.833. The first-order valence-electron chi connectivity index (χ1n) is 11.1. The van der Waals surface area contributed by atoms with Crippen LogP contribution in [0.15, 0.2) is 41.8 Å². The van der Waals surface area contributed by atoms with Crippen LogP contribution in [0.5, 0.6) is 0 Å². The molecule has 1 fully saturated rings. The summed E-state index contributed by atoms with van der Waals surface area (Å²) in [6.45, 7) is 15.3. The second-order valence-corrected chi connectivity index (χ2v) is 10.8. The van der Waals surface area contributed by atoms with Crippen LogP contribution >= 0.6 is 11.8 Å². The molecule has 2 unspecified atom stereocenters. The number of nitrogens with one attached hydrogen (secondary N) is 1. The van der Waals surface area contributed by atoms with Gasteiger partial charge in [0.2, 0.25) is 5.12 Å². The van der Waals surface area contributed by atoms with Crippen molar-refractivity contribution in [2.75, 3.05) is 24.5 Å². The van der Waals surface area contributed by atoms with Gasteiger partial charge in [-0.2, -0.15) is 0 Å². The van der Waals surface area contributed by atoms with Gasteiger partial charge in [0.25, 0.3) is 0 Å². The van der Waals surface area contributed by atoms with Gasteiger partial charge in [0.1, 0.15) is 11.4 Å². The molecule has 0 amide bonds. The van der Waals surface area contributed by atoms with E-state index in [1.807, 2.05) is 20.0 Å². The second-order valence-electron chi connectivity index (χ2n) is 9.50. The van der Waals surface area contributed by atoms with Gasteiger partial charge in [-0.25, -0.2) is 0 Å². The molecule has 0 saturated carbocycles. The Balaban J connectivity index is 1.56. The van der Waals surface area contributed by atoms with Crippen molar-refractivity contribution in [2.45, 2.75) is 64.4 Å². The molecule has 1 aromatic carbocycles. The zero-order valence-electron chi connectivity index (χ0n) is 19.4. The van der Waals surface area contributed by atoms with Gasteiger partial charge >= 0.3 is 0 Å². The summed E-state index contributed by atoms with van der Waals surface area (Å²) in [4.78, 5) is 19.1. The van der Waals surface area contributed by atoms with Crippen molar-refractivity contribution < 1.29 is 9.53 Å². The topological polar surface area (TPSA) is 54.5 Å². The molecular formula is C25H33N3O2S. The van der Waals surface area contributed by atoms with E-state index < -0.39 is 5.60 Å². The fraction of sp³-hybridized carbons (Fsp3) is 0.520. The minimum atomic E-state index is -0.462. The molecule has 3 heterocycles. The van der Waals surface area contributed by atoms with Gasteiger partial charge in [0, 0.05) is 42.5 Å². The molecule has 5 nitrogen and oxygen atoms in total. The highest BCUT2D eigenvalue weighted by molar-refractivity contribution is 8.15. The van der Waals surface area contributed by atoms with E-state index in [2.05, 4.69) is 67.2 Å². The third-order valence-corrected chi connectivity index (χ3v) is 8.11. The van der Waals surface area contributed by atoms with Crippen molar-refractivity contribution in [3.8, 4) is 0 Å². The molecule has 2 aromatic rings. The molecule has 1 saturated heterocycles. The van der Waals surface area contributed by atoms with Crippen molar-refractivity contribution >= 4 is 33.5 Å². The lowest BCUT2D eigenvalue weighted by Crippen LogP contribution is -2.59. The predicted octanol–water partition coefficient (Wildman–Crippen LogP) is 4.83. The van der Waals surface area contributed by atoms with Crippen LogP contribution in [0.1, 0.15) is 46.6 Å². The van der Waals surface area contributed by atoms with Gasteiger partial charge in [0.05, 0.1) is 16.3 Å². The standard InChI is InChI=1S/C25H33N3O2S/c1-16-7-8-19-20(15-16)26-11-9-21(19)28-13-10-25(6,27-12-14-28)24(4,5)30-22-17(2)23(29)31-18(22)3/h7-9,11,15,18,27H,10,12-14H2,1-6H3. The number of nitrogens with zero attached hydrogens (tertiary/aromatic N) is 2. The molecule has 2 aliphatic rings. The zero-order valence-corrected chi connectivity index (χ0v) is 20.2. The van der Waals surface area contributed by atoms with E-state index in [1.54, 1.807) is 0 Å². The average Bonchev–Trinajstić information content (AvgIpc) is 2.87. The van der Waals surface area contributed by atoms with Crippen molar-refractivity contribution in [3.63, 3.8) is 0 Å². The fourth-order valence-corrected chi connectivity index (χ4v) is 5.48. The van der Waals surface area contributed by atoms with Gasteiger partial charge in [-0.15, -0.1) is 0 Å². The van der Waals surface area contributed by atoms with E-state index >= 15 is 0 Å². The largest absolute Gasteiger partial charge is 0.489 e. The SMILES string of the molecule is CC1=C(OC(C)(C)C2(C)CCN(c3ccnc4cc(C)ccc34)CCN2)C(C)SC1=O. The average molecular weight is 440 g/mol. The van der Waals surface area contributed by atoms with Crippen LogP contribution in [0, 0.1) is 6.92 Å². The predicted molar refractivity (Wildman–Crippen MR) is 130 cm³/mol. The maximum Gasteiger partial charge on any atom is 0.219 e. The molecule has 0 bridgehead atoms. The summed E-state index contributed by atoms with van der Waals surface area (Å²) in [6.07, 6.45) is 2.84. The lowest BCUT2D eigenvalue weighted by Gasteiger charge is -2.45. The monoisotopic (exact) mass is 439 g/mol. The Morgan fingerprint density at radius 1 is 1.26 bits per heavy atom. The highest BCUT2D eigenvalue weighted by atomic mass is 32.2.